The van der Waals surface area contributed by atoms with E-state index < -0.39 is 30.7 Å². The van der Waals surface area contributed by atoms with Gasteiger partial charge in [-0.15, -0.1) is 0 Å². The molecule has 0 aromatic heterocycles. The molecule has 7 heteroatoms. The van der Waals surface area contributed by atoms with Crippen LogP contribution in [0, 0.1) is 28.1 Å². The number of hydrogen-bond acceptors (Lipinski definition) is 7. The zero-order valence-electron chi connectivity index (χ0n) is 26.9. The Kier molecular flexibility index (Phi) is 9.84. The number of carbonyl (C=O) groups excluding carboxylic acids is 1. The highest BCUT2D eigenvalue weighted by Crippen LogP contribution is 2.69. The van der Waals surface area contributed by atoms with Crippen molar-refractivity contribution >= 4 is 5.78 Å². The van der Waals surface area contributed by atoms with Gasteiger partial charge < -0.3 is 29.9 Å². The summed E-state index contributed by atoms with van der Waals surface area (Å²) in [6.45, 7) is 17.0. The number of aliphatic hydroxyl groups excluding tert-OH is 4. The Bertz CT molecular complexity index is 1140. The molecule has 236 valence electrons. The molecule has 3 saturated carbocycles. The highest BCUT2D eigenvalue weighted by Gasteiger charge is 2.64. The largest absolute Gasteiger partial charge is 0.393 e. The molecular formula is C35H54O7. The second kappa shape index (κ2) is 12.4. The maximum Gasteiger partial charge on any atom is 0.186 e. The van der Waals surface area contributed by atoms with Crippen LogP contribution in [0.4, 0.5) is 0 Å². The standard InChI is InChI=1S/C35H54O7/c1-20(2)12-13-25(42-32-31(40)30(39)24(37)19-41-32)21(3)10-9-11-22(4)29-23(36)18-27-34(7)17-15-28(38)33(5,6)26(34)14-16-35(27,29)8/h9-12,24-28,30-32,37-40H,13-19H2,1-8H3/b11-9+,21-10+,29-22+/t24-,25?,26-,27-,28+,30-,31-,32-,34-,35-/m0/s1. The first-order chi connectivity index (χ1) is 19.5. The first kappa shape index (κ1) is 33.3. The van der Waals surface area contributed by atoms with Crippen LogP contribution in [0.5, 0.6) is 0 Å². The van der Waals surface area contributed by atoms with Gasteiger partial charge >= 0.3 is 0 Å². The lowest BCUT2D eigenvalue weighted by Crippen LogP contribution is -2.57. The van der Waals surface area contributed by atoms with Gasteiger partial charge in [0.2, 0.25) is 0 Å². The van der Waals surface area contributed by atoms with Gasteiger partial charge in [-0.05, 0) is 93.6 Å². The molecule has 0 bridgehead atoms. The summed E-state index contributed by atoms with van der Waals surface area (Å²) in [4.78, 5) is 13.6. The molecule has 0 radical (unpaired) electrons. The van der Waals surface area contributed by atoms with Gasteiger partial charge in [-0.3, -0.25) is 4.79 Å². The van der Waals surface area contributed by atoms with Crippen molar-refractivity contribution in [3.63, 3.8) is 0 Å². The van der Waals surface area contributed by atoms with Gasteiger partial charge in [0.05, 0.1) is 18.8 Å². The van der Waals surface area contributed by atoms with Crippen LogP contribution in [0.25, 0.3) is 0 Å². The maximum atomic E-state index is 13.6. The number of rotatable bonds is 7. The fourth-order valence-electron chi connectivity index (χ4n) is 8.86. The highest BCUT2D eigenvalue weighted by atomic mass is 16.7. The Labute approximate surface area is 252 Å². The molecule has 4 fully saturated rings. The number of allylic oxidation sites excluding steroid dienone is 6. The van der Waals surface area contributed by atoms with Crippen molar-refractivity contribution in [1.82, 2.24) is 0 Å². The second-order valence-electron chi connectivity index (χ2n) is 14.8. The van der Waals surface area contributed by atoms with Gasteiger partial charge in [-0.25, -0.2) is 0 Å². The molecule has 0 amide bonds. The topological polar surface area (TPSA) is 116 Å². The highest BCUT2D eigenvalue weighted by molar-refractivity contribution is 6.00. The predicted molar refractivity (Wildman–Crippen MR) is 163 cm³/mol. The van der Waals surface area contributed by atoms with Crippen LogP contribution in [0.3, 0.4) is 0 Å². The Morgan fingerprint density at radius 2 is 1.69 bits per heavy atom. The van der Waals surface area contributed by atoms with E-state index in [1.165, 1.54) is 0 Å². The molecule has 0 aromatic carbocycles. The molecule has 1 saturated heterocycles. The molecule has 1 aliphatic heterocycles. The van der Waals surface area contributed by atoms with Crippen molar-refractivity contribution in [2.45, 2.75) is 131 Å². The molecule has 42 heavy (non-hydrogen) atoms. The van der Waals surface area contributed by atoms with Crippen LogP contribution in [0.15, 0.2) is 46.6 Å². The van der Waals surface area contributed by atoms with Gasteiger partial charge in [0.25, 0.3) is 0 Å². The summed E-state index contributed by atoms with van der Waals surface area (Å²) in [7, 11) is 0. The van der Waals surface area contributed by atoms with Crippen LogP contribution < -0.4 is 0 Å². The third kappa shape index (κ3) is 6.02. The van der Waals surface area contributed by atoms with Gasteiger partial charge in [-0.2, -0.15) is 0 Å². The average molecular weight is 587 g/mol. The lowest BCUT2D eigenvalue weighted by molar-refractivity contribution is -0.278. The minimum absolute atomic E-state index is 0.0263. The van der Waals surface area contributed by atoms with Crippen LogP contribution in [-0.4, -0.2) is 69.6 Å². The van der Waals surface area contributed by atoms with Crippen molar-refractivity contribution in [1.29, 1.82) is 0 Å². The maximum absolute atomic E-state index is 13.6. The first-order valence-electron chi connectivity index (χ1n) is 15.8. The quantitative estimate of drug-likeness (QED) is 0.185. The van der Waals surface area contributed by atoms with E-state index in [2.05, 4.69) is 33.8 Å². The smallest absolute Gasteiger partial charge is 0.186 e. The molecule has 1 heterocycles. The predicted octanol–water partition coefficient (Wildman–Crippen LogP) is 5.18. The molecule has 7 nitrogen and oxygen atoms in total. The molecule has 1 unspecified atom stereocenters. The molecule has 10 atom stereocenters. The van der Waals surface area contributed by atoms with Crippen molar-refractivity contribution in [3.05, 3.63) is 46.6 Å². The molecule has 4 N–H and O–H groups in total. The van der Waals surface area contributed by atoms with Crippen LogP contribution in [-0.2, 0) is 14.3 Å². The number of ether oxygens (including phenoxy) is 2. The summed E-state index contributed by atoms with van der Waals surface area (Å²) in [6.07, 6.45) is 7.30. The molecule has 4 rings (SSSR count). The Hall–Kier alpha value is -1.61. The van der Waals surface area contributed by atoms with Crippen molar-refractivity contribution in [2.24, 2.45) is 28.1 Å². The summed E-state index contributed by atoms with van der Waals surface area (Å²) in [5.74, 6) is 0.926. The van der Waals surface area contributed by atoms with Crippen LogP contribution >= 0.6 is 0 Å². The lowest BCUT2D eigenvalue weighted by atomic mass is 9.43. The Balaban J connectivity index is 1.56. The fraction of sp³-hybridized carbons (Fsp3) is 0.743. The van der Waals surface area contributed by atoms with Crippen LogP contribution in [0.1, 0.15) is 93.9 Å². The van der Waals surface area contributed by atoms with Gasteiger partial charge in [0, 0.05) is 17.4 Å². The molecule has 3 aliphatic carbocycles. The third-order valence-electron chi connectivity index (χ3n) is 11.4. The summed E-state index contributed by atoms with van der Waals surface area (Å²) in [6, 6.07) is 0. The SMILES string of the molecule is CC(C)=CCC(O[C@@H]1OC[C@H](O)[C@H](O)[C@@H]1O)/C(C)=C/C=C/C(C)=C1\C(=O)C[C@H]2[C@@]3(C)CC[C@@H](O)C(C)(C)[C@@H]3CC[C@]12C. The summed E-state index contributed by atoms with van der Waals surface area (Å²) in [5, 5.41) is 41.1. The van der Waals surface area contributed by atoms with E-state index in [1.807, 2.05) is 45.9 Å². The number of ketones is 1. The van der Waals surface area contributed by atoms with Gasteiger partial charge in [0.1, 0.15) is 18.3 Å². The molecular weight excluding hydrogens is 532 g/mol. The lowest BCUT2D eigenvalue weighted by Gasteiger charge is -2.62. The Morgan fingerprint density at radius 3 is 2.36 bits per heavy atom. The number of fused-ring (bicyclic) bond motifs is 3. The van der Waals surface area contributed by atoms with Gasteiger partial charge in [-0.1, -0.05) is 57.6 Å². The second-order valence-corrected chi connectivity index (χ2v) is 14.8. The fourth-order valence-corrected chi connectivity index (χ4v) is 8.86. The van der Waals surface area contributed by atoms with E-state index in [4.69, 9.17) is 9.47 Å². The van der Waals surface area contributed by atoms with Crippen molar-refractivity contribution in [2.75, 3.05) is 6.61 Å². The van der Waals surface area contributed by atoms with E-state index in [9.17, 15) is 25.2 Å². The number of carbonyl (C=O) groups is 1. The van der Waals surface area contributed by atoms with E-state index in [0.29, 0.717) is 18.8 Å². The summed E-state index contributed by atoms with van der Waals surface area (Å²) < 4.78 is 11.6. The summed E-state index contributed by atoms with van der Waals surface area (Å²) >= 11 is 0. The van der Waals surface area contributed by atoms with E-state index in [1.54, 1.807) is 0 Å². The van der Waals surface area contributed by atoms with Crippen LogP contribution in [0.2, 0.25) is 0 Å². The minimum Gasteiger partial charge on any atom is -0.393 e. The Morgan fingerprint density at radius 1 is 1.00 bits per heavy atom. The third-order valence-corrected chi connectivity index (χ3v) is 11.4. The van der Waals surface area contributed by atoms with Crippen molar-refractivity contribution < 1.29 is 34.7 Å². The van der Waals surface area contributed by atoms with Gasteiger partial charge in [0.15, 0.2) is 12.1 Å². The molecule has 0 spiro atoms. The van der Waals surface area contributed by atoms with Crippen molar-refractivity contribution in [3.8, 4) is 0 Å². The monoisotopic (exact) mass is 586 g/mol. The molecule has 4 aliphatic rings. The normalized spacial score (nSPS) is 42.2. The minimum atomic E-state index is -1.35. The first-order valence-corrected chi connectivity index (χ1v) is 15.8. The average Bonchev–Trinajstić information content (AvgIpc) is 3.19. The summed E-state index contributed by atoms with van der Waals surface area (Å²) in [5.41, 5.74) is 3.70. The van der Waals surface area contributed by atoms with E-state index in [0.717, 1.165) is 48.0 Å². The zero-order chi connectivity index (χ0) is 31.2. The number of hydrogen-bond donors (Lipinski definition) is 4. The zero-order valence-corrected chi connectivity index (χ0v) is 26.9. The number of Topliss-reactive ketones (excluding diaryl/α,β-unsaturated/α-hetero) is 1. The number of aliphatic hydroxyl groups is 4. The molecule has 0 aromatic rings. The van der Waals surface area contributed by atoms with E-state index >= 15 is 0 Å². The van der Waals surface area contributed by atoms with E-state index in [-0.39, 0.29) is 40.7 Å².